The highest BCUT2D eigenvalue weighted by Gasteiger charge is 2.36. The largest absolute Gasteiger partial charge is 0.385 e. The lowest BCUT2D eigenvalue weighted by Crippen LogP contribution is -2.45. The van der Waals surface area contributed by atoms with Gasteiger partial charge in [-0.25, -0.2) is 0 Å². The van der Waals surface area contributed by atoms with Crippen LogP contribution in [0.4, 0.5) is 0 Å². The lowest BCUT2D eigenvalue weighted by atomic mass is 9.91. The van der Waals surface area contributed by atoms with Crippen molar-refractivity contribution in [3.05, 3.63) is 0 Å². The first-order valence-electron chi connectivity index (χ1n) is 4.08. The maximum Gasteiger partial charge on any atom is 0.0480 e. The van der Waals surface area contributed by atoms with Crippen LogP contribution < -0.4 is 5.73 Å². The fourth-order valence-corrected chi connectivity index (χ4v) is 2.83. The van der Waals surface area contributed by atoms with Crippen molar-refractivity contribution < 1.29 is 4.74 Å². The summed E-state index contributed by atoms with van der Waals surface area (Å²) in [5.41, 5.74) is 6.23. The van der Waals surface area contributed by atoms with Crippen molar-refractivity contribution in [2.24, 2.45) is 5.73 Å². The van der Waals surface area contributed by atoms with Crippen LogP contribution >= 0.6 is 11.8 Å². The quantitative estimate of drug-likeness (QED) is 0.701. The van der Waals surface area contributed by atoms with Gasteiger partial charge in [0.25, 0.3) is 0 Å². The summed E-state index contributed by atoms with van der Waals surface area (Å²) in [5.74, 6) is 1.21. The van der Waals surface area contributed by atoms with Crippen molar-refractivity contribution in [1.29, 1.82) is 0 Å². The summed E-state index contributed by atoms with van der Waals surface area (Å²) >= 11 is 1.97. The molecular weight excluding hydrogens is 158 g/mol. The molecule has 3 heteroatoms. The van der Waals surface area contributed by atoms with Crippen molar-refractivity contribution in [3.8, 4) is 0 Å². The summed E-state index contributed by atoms with van der Waals surface area (Å²) in [6.45, 7) is 3.01. The zero-order valence-electron chi connectivity index (χ0n) is 7.30. The third-order valence-corrected chi connectivity index (χ3v) is 3.93. The Morgan fingerprint density at radius 2 is 2.45 bits per heavy atom. The molecule has 2 N–H and O–H groups in total. The molecular formula is C8H17NOS. The van der Waals surface area contributed by atoms with Gasteiger partial charge in [-0.05, 0) is 18.6 Å². The van der Waals surface area contributed by atoms with Gasteiger partial charge in [0, 0.05) is 24.5 Å². The minimum atomic E-state index is 0.0423. The Hall–Kier alpha value is 0.270. The van der Waals surface area contributed by atoms with Crippen molar-refractivity contribution in [3.63, 3.8) is 0 Å². The SMILES string of the molecule is COCCC1(N)CCSC1C. The maximum atomic E-state index is 6.19. The highest BCUT2D eigenvalue weighted by molar-refractivity contribution is 8.00. The van der Waals surface area contributed by atoms with Crippen LogP contribution in [0.25, 0.3) is 0 Å². The van der Waals surface area contributed by atoms with Crippen LogP contribution in [-0.2, 0) is 4.74 Å². The minimum Gasteiger partial charge on any atom is -0.385 e. The van der Waals surface area contributed by atoms with Crippen molar-refractivity contribution in [2.75, 3.05) is 19.5 Å². The average Bonchev–Trinajstić information content (AvgIpc) is 2.30. The van der Waals surface area contributed by atoms with Crippen LogP contribution in [0.2, 0.25) is 0 Å². The number of methoxy groups -OCH3 is 1. The van der Waals surface area contributed by atoms with Gasteiger partial charge in [0.2, 0.25) is 0 Å². The molecule has 1 aliphatic rings. The molecule has 0 amide bonds. The Bertz CT molecular complexity index is 131. The molecule has 1 fully saturated rings. The van der Waals surface area contributed by atoms with E-state index in [2.05, 4.69) is 6.92 Å². The maximum absolute atomic E-state index is 6.19. The monoisotopic (exact) mass is 175 g/mol. The number of hydrogen-bond acceptors (Lipinski definition) is 3. The van der Waals surface area contributed by atoms with E-state index in [1.54, 1.807) is 7.11 Å². The van der Waals surface area contributed by atoms with Crippen molar-refractivity contribution in [1.82, 2.24) is 0 Å². The van der Waals surface area contributed by atoms with E-state index in [0.717, 1.165) is 19.4 Å². The van der Waals surface area contributed by atoms with Gasteiger partial charge in [0.15, 0.2) is 0 Å². The van der Waals surface area contributed by atoms with Crippen molar-refractivity contribution in [2.45, 2.75) is 30.6 Å². The molecule has 0 bridgehead atoms. The first-order valence-corrected chi connectivity index (χ1v) is 5.13. The summed E-state index contributed by atoms with van der Waals surface area (Å²) in [6.07, 6.45) is 2.14. The Morgan fingerprint density at radius 1 is 1.73 bits per heavy atom. The zero-order valence-corrected chi connectivity index (χ0v) is 8.12. The second kappa shape index (κ2) is 3.78. The van der Waals surface area contributed by atoms with Crippen LogP contribution in [-0.4, -0.2) is 30.3 Å². The van der Waals surface area contributed by atoms with Gasteiger partial charge < -0.3 is 10.5 Å². The normalized spacial score (nSPS) is 37.9. The molecule has 1 heterocycles. The first-order chi connectivity index (χ1) is 5.19. The molecule has 0 aromatic carbocycles. The van der Waals surface area contributed by atoms with E-state index >= 15 is 0 Å². The van der Waals surface area contributed by atoms with Gasteiger partial charge in [-0.1, -0.05) is 6.92 Å². The zero-order chi connectivity index (χ0) is 8.32. The Labute approximate surface area is 72.9 Å². The lowest BCUT2D eigenvalue weighted by molar-refractivity contribution is 0.168. The lowest BCUT2D eigenvalue weighted by Gasteiger charge is -2.27. The summed E-state index contributed by atoms with van der Waals surface area (Å²) in [4.78, 5) is 0. The summed E-state index contributed by atoms with van der Waals surface area (Å²) in [6, 6.07) is 0. The highest BCUT2D eigenvalue weighted by atomic mass is 32.2. The van der Waals surface area contributed by atoms with Crippen molar-refractivity contribution >= 4 is 11.8 Å². The van der Waals surface area contributed by atoms with Crippen LogP contribution in [0.15, 0.2) is 0 Å². The molecule has 66 valence electrons. The molecule has 1 saturated heterocycles. The predicted octanol–water partition coefficient (Wildman–Crippen LogP) is 1.25. The minimum absolute atomic E-state index is 0.0423. The summed E-state index contributed by atoms with van der Waals surface area (Å²) in [5, 5.41) is 0.595. The third kappa shape index (κ3) is 2.10. The van der Waals surface area contributed by atoms with E-state index in [1.165, 1.54) is 5.75 Å². The molecule has 0 aromatic heterocycles. The topological polar surface area (TPSA) is 35.2 Å². The van der Waals surface area contributed by atoms with Crippen LogP contribution in [0.1, 0.15) is 19.8 Å². The van der Waals surface area contributed by atoms with Crippen LogP contribution in [0.5, 0.6) is 0 Å². The van der Waals surface area contributed by atoms with E-state index in [-0.39, 0.29) is 5.54 Å². The molecule has 0 aromatic rings. The second-order valence-corrected chi connectivity index (χ2v) is 4.69. The second-order valence-electron chi connectivity index (χ2n) is 3.24. The highest BCUT2D eigenvalue weighted by Crippen LogP contribution is 2.35. The van der Waals surface area contributed by atoms with E-state index < -0.39 is 0 Å². The Morgan fingerprint density at radius 3 is 2.91 bits per heavy atom. The molecule has 11 heavy (non-hydrogen) atoms. The third-order valence-electron chi connectivity index (χ3n) is 2.52. The molecule has 2 atom stereocenters. The molecule has 2 unspecified atom stereocenters. The number of nitrogens with two attached hydrogens (primary N) is 1. The van der Waals surface area contributed by atoms with E-state index in [9.17, 15) is 0 Å². The Balaban J connectivity index is 2.38. The first kappa shape index (κ1) is 9.36. The number of hydrogen-bond donors (Lipinski definition) is 1. The molecule has 2 nitrogen and oxygen atoms in total. The fourth-order valence-electron chi connectivity index (χ4n) is 1.42. The van der Waals surface area contributed by atoms with Gasteiger partial charge in [0.05, 0.1) is 0 Å². The molecule has 0 spiro atoms. The van der Waals surface area contributed by atoms with E-state index in [1.807, 2.05) is 11.8 Å². The molecule has 1 rings (SSSR count). The molecule has 0 saturated carbocycles. The molecule has 0 aliphatic carbocycles. The van der Waals surface area contributed by atoms with Gasteiger partial charge in [-0.3, -0.25) is 0 Å². The van der Waals surface area contributed by atoms with Crippen LogP contribution in [0, 0.1) is 0 Å². The molecule has 1 aliphatic heterocycles. The van der Waals surface area contributed by atoms with Gasteiger partial charge in [-0.15, -0.1) is 0 Å². The average molecular weight is 175 g/mol. The number of rotatable bonds is 3. The Kier molecular flexibility index (Phi) is 3.22. The van der Waals surface area contributed by atoms with E-state index in [4.69, 9.17) is 10.5 Å². The fraction of sp³-hybridized carbons (Fsp3) is 1.00. The van der Waals surface area contributed by atoms with E-state index in [0.29, 0.717) is 5.25 Å². The van der Waals surface area contributed by atoms with Gasteiger partial charge >= 0.3 is 0 Å². The summed E-state index contributed by atoms with van der Waals surface area (Å²) < 4.78 is 5.03. The number of thioether (sulfide) groups is 1. The summed E-state index contributed by atoms with van der Waals surface area (Å²) in [7, 11) is 1.73. The molecule has 0 radical (unpaired) electrons. The predicted molar refractivity (Wildman–Crippen MR) is 49.9 cm³/mol. The van der Waals surface area contributed by atoms with Crippen LogP contribution in [0.3, 0.4) is 0 Å². The van der Waals surface area contributed by atoms with Gasteiger partial charge in [-0.2, -0.15) is 11.8 Å². The smallest absolute Gasteiger partial charge is 0.0480 e. The standard InChI is InChI=1S/C8H17NOS/c1-7-8(9,3-5-10-2)4-6-11-7/h7H,3-6,9H2,1-2H3. The number of ether oxygens (including phenoxy) is 1. The van der Waals surface area contributed by atoms with Gasteiger partial charge in [0.1, 0.15) is 0 Å².